The van der Waals surface area contributed by atoms with Gasteiger partial charge in [0, 0.05) is 23.6 Å². The fourth-order valence-corrected chi connectivity index (χ4v) is 1.55. The van der Waals surface area contributed by atoms with E-state index in [2.05, 4.69) is 16.5 Å². The van der Waals surface area contributed by atoms with Crippen LogP contribution >= 0.6 is 0 Å². The van der Waals surface area contributed by atoms with Crippen molar-refractivity contribution in [2.24, 2.45) is 0 Å². The van der Waals surface area contributed by atoms with Crippen LogP contribution in [0.1, 0.15) is 11.1 Å². The van der Waals surface area contributed by atoms with E-state index in [0.29, 0.717) is 23.9 Å². The highest BCUT2D eigenvalue weighted by molar-refractivity contribution is 5.49. The zero-order valence-corrected chi connectivity index (χ0v) is 10.3. The first-order valence-corrected chi connectivity index (χ1v) is 5.65. The van der Waals surface area contributed by atoms with Crippen LogP contribution in [0.2, 0.25) is 0 Å². The fourth-order valence-electron chi connectivity index (χ4n) is 1.55. The van der Waals surface area contributed by atoms with E-state index in [9.17, 15) is 0 Å². The molecule has 0 spiro atoms. The van der Waals surface area contributed by atoms with E-state index in [4.69, 9.17) is 10.5 Å². The average Bonchev–Trinajstić information content (AvgIpc) is 2.36. The molecule has 2 rings (SSSR count). The molecule has 0 bridgehead atoms. The maximum absolute atomic E-state index is 5.75. The quantitative estimate of drug-likeness (QED) is 0.660. The minimum Gasteiger partial charge on any atom is -0.424 e. The summed E-state index contributed by atoms with van der Waals surface area (Å²) in [6.07, 6.45) is 5.92. The van der Waals surface area contributed by atoms with Gasteiger partial charge in [0.1, 0.15) is 5.75 Å². The van der Waals surface area contributed by atoms with Gasteiger partial charge >= 0.3 is 6.01 Å². The molecule has 0 saturated heterocycles. The maximum atomic E-state index is 5.75. The van der Waals surface area contributed by atoms with Gasteiger partial charge in [-0.2, -0.15) is 0 Å². The van der Waals surface area contributed by atoms with Crippen LogP contribution in [-0.4, -0.2) is 9.97 Å². The van der Waals surface area contributed by atoms with Crippen LogP contribution in [0.4, 0.5) is 5.69 Å². The monoisotopic (exact) mass is 241 g/mol. The number of hydrogen-bond donors (Lipinski definition) is 1. The molecule has 1 aromatic carbocycles. The molecular formula is C14H15N3O. The summed E-state index contributed by atoms with van der Waals surface area (Å²) in [5.41, 5.74) is 8.41. The standard InChI is InChI=1S/C14H15N3O/c1-3-4-11-7-12(15)5-6-13(11)18-14-16-8-10(2)9-17-14/h3,5-9H,1,4,15H2,2H3. The molecule has 0 radical (unpaired) electrons. The van der Waals surface area contributed by atoms with Gasteiger partial charge in [0.25, 0.3) is 0 Å². The summed E-state index contributed by atoms with van der Waals surface area (Å²) in [5, 5.41) is 0. The molecular weight excluding hydrogens is 226 g/mol. The van der Waals surface area contributed by atoms with Gasteiger partial charge in [0.15, 0.2) is 0 Å². The van der Waals surface area contributed by atoms with Gasteiger partial charge in [0.05, 0.1) is 0 Å². The van der Waals surface area contributed by atoms with Gasteiger partial charge in [-0.1, -0.05) is 6.08 Å². The lowest BCUT2D eigenvalue weighted by atomic mass is 10.1. The Morgan fingerprint density at radius 3 is 2.72 bits per heavy atom. The van der Waals surface area contributed by atoms with E-state index in [1.165, 1.54) is 0 Å². The second-order valence-corrected chi connectivity index (χ2v) is 4.01. The van der Waals surface area contributed by atoms with Gasteiger partial charge in [-0.05, 0) is 37.1 Å². The lowest BCUT2D eigenvalue weighted by Gasteiger charge is -2.09. The summed E-state index contributed by atoms with van der Waals surface area (Å²) in [6.45, 7) is 5.64. The lowest BCUT2D eigenvalue weighted by Crippen LogP contribution is -1.96. The number of nitrogens with two attached hydrogens (primary N) is 1. The van der Waals surface area contributed by atoms with Crippen LogP contribution in [0.3, 0.4) is 0 Å². The molecule has 2 N–H and O–H groups in total. The van der Waals surface area contributed by atoms with Crippen molar-refractivity contribution in [3.8, 4) is 11.8 Å². The van der Waals surface area contributed by atoms with Crippen molar-refractivity contribution in [2.45, 2.75) is 13.3 Å². The Balaban J connectivity index is 2.27. The van der Waals surface area contributed by atoms with Crippen LogP contribution in [0.25, 0.3) is 0 Å². The molecule has 4 nitrogen and oxygen atoms in total. The average molecular weight is 241 g/mol. The second kappa shape index (κ2) is 5.31. The van der Waals surface area contributed by atoms with Gasteiger partial charge in [-0.25, -0.2) is 9.97 Å². The second-order valence-electron chi connectivity index (χ2n) is 4.01. The van der Waals surface area contributed by atoms with Crippen molar-refractivity contribution >= 4 is 5.69 Å². The van der Waals surface area contributed by atoms with E-state index in [0.717, 1.165) is 11.1 Å². The Hall–Kier alpha value is -2.36. The Labute approximate surface area is 106 Å². The maximum Gasteiger partial charge on any atom is 0.321 e. The summed E-state index contributed by atoms with van der Waals surface area (Å²) < 4.78 is 5.65. The Morgan fingerprint density at radius 2 is 2.06 bits per heavy atom. The van der Waals surface area contributed by atoms with Crippen LogP contribution in [-0.2, 0) is 6.42 Å². The van der Waals surface area contributed by atoms with Crippen LogP contribution < -0.4 is 10.5 Å². The third kappa shape index (κ3) is 2.85. The number of ether oxygens (including phenoxy) is 1. The van der Waals surface area contributed by atoms with Gasteiger partial charge < -0.3 is 10.5 Å². The summed E-state index contributed by atoms with van der Waals surface area (Å²) in [4.78, 5) is 8.21. The predicted octanol–water partition coefficient (Wildman–Crippen LogP) is 2.89. The Kier molecular flexibility index (Phi) is 3.57. The van der Waals surface area contributed by atoms with Crippen molar-refractivity contribution in [3.05, 3.63) is 54.4 Å². The van der Waals surface area contributed by atoms with Crippen molar-refractivity contribution < 1.29 is 4.74 Å². The van der Waals surface area contributed by atoms with Gasteiger partial charge in [-0.3, -0.25) is 0 Å². The molecule has 0 unspecified atom stereocenters. The summed E-state index contributed by atoms with van der Waals surface area (Å²) in [7, 11) is 0. The first-order valence-electron chi connectivity index (χ1n) is 5.65. The summed E-state index contributed by atoms with van der Waals surface area (Å²) >= 11 is 0. The van der Waals surface area contributed by atoms with Gasteiger partial charge in [-0.15, -0.1) is 6.58 Å². The number of rotatable bonds is 4. The molecule has 0 saturated carbocycles. The smallest absolute Gasteiger partial charge is 0.321 e. The SMILES string of the molecule is C=CCc1cc(N)ccc1Oc1ncc(C)cn1. The van der Waals surface area contributed by atoms with Crippen LogP contribution in [0.15, 0.2) is 43.2 Å². The molecule has 0 atom stereocenters. The molecule has 4 heteroatoms. The molecule has 0 aliphatic heterocycles. The highest BCUT2D eigenvalue weighted by Crippen LogP contribution is 2.25. The minimum atomic E-state index is 0.329. The molecule has 2 aromatic rings. The third-order valence-electron chi connectivity index (χ3n) is 2.41. The molecule has 0 fully saturated rings. The number of aryl methyl sites for hydroxylation is 1. The van der Waals surface area contributed by atoms with E-state index in [1.807, 2.05) is 19.1 Å². The highest BCUT2D eigenvalue weighted by Gasteiger charge is 2.06. The van der Waals surface area contributed by atoms with Crippen LogP contribution in [0.5, 0.6) is 11.8 Å². The molecule has 0 aliphatic carbocycles. The third-order valence-corrected chi connectivity index (χ3v) is 2.41. The Bertz CT molecular complexity index is 549. The van der Waals surface area contributed by atoms with Crippen molar-refractivity contribution in [3.63, 3.8) is 0 Å². The molecule has 0 aliphatic rings. The van der Waals surface area contributed by atoms with E-state index >= 15 is 0 Å². The topological polar surface area (TPSA) is 61.0 Å². The zero-order valence-electron chi connectivity index (χ0n) is 10.3. The summed E-state index contributed by atoms with van der Waals surface area (Å²) in [6, 6.07) is 5.80. The lowest BCUT2D eigenvalue weighted by molar-refractivity contribution is 0.437. The molecule has 92 valence electrons. The molecule has 0 amide bonds. The van der Waals surface area contributed by atoms with E-state index in [1.54, 1.807) is 24.5 Å². The van der Waals surface area contributed by atoms with E-state index < -0.39 is 0 Å². The molecule has 18 heavy (non-hydrogen) atoms. The number of nitrogen functional groups attached to an aromatic ring is 1. The first kappa shape index (κ1) is 12.1. The predicted molar refractivity (Wildman–Crippen MR) is 71.6 cm³/mol. The first-order chi connectivity index (χ1) is 8.69. The number of nitrogens with zero attached hydrogens (tertiary/aromatic N) is 2. The minimum absolute atomic E-state index is 0.329. The number of allylic oxidation sites excluding steroid dienone is 1. The van der Waals surface area contributed by atoms with Gasteiger partial charge in [0.2, 0.25) is 0 Å². The largest absolute Gasteiger partial charge is 0.424 e. The van der Waals surface area contributed by atoms with Crippen molar-refractivity contribution in [1.29, 1.82) is 0 Å². The molecule has 1 aromatic heterocycles. The fraction of sp³-hybridized carbons (Fsp3) is 0.143. The van der Waals surface area contributed by atoms with E-state index in [-0.39, 0.29) is 0 Å². The number of benzene rings is 1. The summed E-state index contributed by atoms with van der Waals surface area (Å²) in [5.74, 6) is 0.702. The number of anilines is 1. The van der Waals surface area contributed by atoms with Crippen molar-refractivity contribution in [2.75, 3.05) is 5.73 Å². The molecule has 1 heterocycles. The van der Waals surface area contributed by atoms with Crippen molar-refractivity contribution in [1.82, 2.24) is 9.97 Å². The highest BCUT2D eigenvalue weighted by atomic mass is 16.5. The zero-order chi connectivity index (χ0) is 13.0. The number of aromatic nitrogens is 2. The number of hydrogen-bond acceptors (Lipinski definition) is 4. The Morgan fingerprint density at radius 1 is 1.33 bits per heavy atom. The normalized spacial score (nSPS) is 10.1. The van der Waals surface area contributed by atoms with Crippen LogP contribution in [0, 0.1) is 6.92 Å².